The lowest BCUT2D eigenvalue weighted by atomic mass is 9.87. The maximum Gasteiger partial charge on any atom is 0.269 e. The summed E-state index contributed by atoms with van der Waals surface area (Å²) in [5, 5.41) is 0. The second-order valence-corrected chi connectivity index (χ2v) is 6.85. The van der Waals surface area contributed by atoms with Crippen molar-refractivity contribution >= 4 is 17.9 Å². The van der Waals surface area contributed by atoms with Crippen LogP contribution < -0.4 is 15.6 Å². The van der Waals surface area contributed by atoms with Gasteiger partial charge in [0.1, 0.15) is 5.75 Å². The zero-order valence-corrected chi connectivity index (χ0v) is 15.5. The van der Waals surface area contributed by atoms with Crippen molar-refractivity contribution in [3.63, 3.8) is 0 Å². The van der Waals surface area contributed by atoms with E-state index in [4.69, 9.17) is 4.74 Å². The summed E-state index contributed by atoms with van der Waals surface area (Å²) in [6.07, 6.45) is 2.96. The van der Waals surface area contributed by atoms with E-state index < -0.39 is 5.91 Å². The highest BCUT2D eigenvalue weighted by atomic mass is 16.5. The quantitative estimate of drug-likeness (QED) is 0.654. The van der Waals surface area contributed by atoms with Gasteiger partial charge in [0.05, 0.1) is 7.11 Å². The third kappa shape index (κ3) is 5.21. The number of methoxy groups -OCH3 is 1. The van der Waals surface area contributed by atoms with Crippen molar-refractivity contribution in [3.05, 3.63) is 71.3 Å². The Kier molecular flexibility index (Phi) is 6.17. The zero-order valence-electron chi connectivity index (χ0n) is 15.5. The lowest BCUT2D eigenvalue weighted by molar-refractivity contribution is -0.117. The van der Waals surface area contributed by atoms with E-state index >= 15 is 0 Å². The predicted molar refractivity (Wildman–Crippen MR) is 103 cm³/mol. The lowest BCUT2D eigenvalue weighted by Crippen LogP contribution is -2.40. The summed E-state index contributed by atoms with van der Waals surface area (Å²) in [6.45, 7) is 6.32. The van der Waals surface area contributed by atoms with Gasteiger partial charge < -0.3 is 4.74 Å². The topological polar surface area (TPSA) is 67.4 Å². The molecule has 0 unspecified atom stereocenters. The van der Waals surface area contributed by atoms with Crippen LogP contribution in [0.25, 0.3) is 6.08 Å². The Morgan fingerprint density at radius 2 is 1.62 bits per heavy atom. The first-order chi connectivity index (χ1) is 12.3. The molecule has 0 aliphatic rings. The van der Waals surface area contributed by atoms with Gasteiger partial charge in [0.25, 0.3) is 11.8 Å². The lowest BCUT2D eigenvalue weighted by Gasteiger charge is -2.19. The van der Waals surface area contributed by atoms with Crippen molar-refractivity contribution < 1.29 is 14.3 Å². The molecule has 2 N–H and O–H groups in total. The summed E-state index contributed by atoms with van der Waals surface area (Å²) >= 11 is 0. The normalized spacial score (nSPS) is 11.2. The fraction of sp³-hybridized carbons (Fsp3) is 0.238. The number of rotatable bonds is 4. The fourth-order valence-electron chi connectivity index (χ4n) is 2.32. The highest BCUT2D eigenvalue weighted by Crippen LogP contribution is 2.22. The third-order valence-corrected chi connectivity index (χ3v) is 3.87. The average molecular weight is 352 g/mol. The third-order valence-electron chi connectivity index (χ3n) is 3.87. The molecule has 5 heteroatoms. The zero-order chi connectivity index (χ0) is 19.2. The number of carbonyl (C=O) groups excluding carboxylic acids is 2. The van der Waals surface area contributed by atoms with Crippen molar-refractivity contribution in [3.8, 4) is 5.75 Å². The molecule has 0 radical (unpaired) electrons. The van der Waals surface area contributed by atoms with Crippen LogP contribution in [0.4, 0.5) is 0 Å². The number of nitrogens with one attached hydrogen (secondary N) is 2. The molecule has 0 aromatic heterocycles. The number of benzene rings is 2. The smallest absolute Gasteiger partial charge is 0.269 e. The fourth-order valence-corrected chi connectivity index (χ4v) is 2.32. The number of hydrazine groups is 1. The van der Waals surface area contributed by atoms with Crippen LogP contribution in [0.5, 0.6) is 5.75 Å². The molecule has 26 heavy (non-hydrogen) atoms. The number of hydrogen-bond donors (Lipinski definition) is 2. The van der Waals surface area contributed by atoms with Crippen LogP contribution in [-0.4, -0.2) is 18.9 Å². The molecule has 2 rings (SSSR count). The highest BCUT2D eigenvalue weighted by molar-refractivity contribution is 5.98. The standard InChI is InChI=1S/C21H24N2O3/c1-21(2,3)17-12-9-16(10-13-17)20(25)23-22-19(24)14-11-15-7-5-6-8-18(15)26-4/h5-14H,1-4H3,(H,22,24)(H,23,25). The molecule has 2 aromatic rings. The van der Waals surface area contributed by atoms with E-state index in [2.05, 4.69) is 31.6 Å². The largest absolute Gasteiger partial charge is 0.496 e. The van der Waals surface area contributed by atoms with Crippen molar-refractivity contribution in [1.82, 2.24) is 10.9 Å². The Hall–Kier alpha value is -3.08. The molecule has 0 fully saturated rings. The molecule has 0 atom stereocenters. The minimum absolute atomic E-state index is 0.0203. The summed E-state index contributed by atoms with van der Waals surface area (Å²) < 4.78 is 5.21. The van der Waals surface area contributed by atoms with Crippen LogP contribution in [0.1, 0.15) is 42.3 Å². The second-order valence-electron chi connectivity index (χ2n) is 6.85. The van der Waals surface area contributed by atoms with E-state index in [0.717, 1.165) is 11.1 Å². The van der Waals surface area contributed by atoms with E-state index in [-0.39, 0.29) is 11.3 Å². The van der Waals surface area contributed by atoms with Crippen molar-refractivity contribution in [1.29, 1.82) is 0 Å². The summed E-state index contributed by atoms with van der Waals surface area (Å²) in [7, 11) is 1.57. The van der Waals surface area contributed by atoms with E-state index in [1.807, 2.05) is 30.3 Å². The Balaban J connectivity index is 1.92. The molecule has 136 valence electrons. The van der Waals surface area contributed by atoms with Gasteiger partial charge in [0.15, 0.2) is 0 Å². The van der Waals surface area contributed by atoms with Crippen LogP contribution in [0.15, 0.2) is 54.6 Å². The SMILES string of the molecule is COc1ccccc1C=CC(=O)NNC(=O)c1ccc(C(C)(C)C)cc1. The van der Waals surface area contributed by atoms with Gasteiger partial charge in [-0.05, 0) is 35.3 Å². The first kappa shape index (κ1) is 19.2. The predicted octanol–water partition coefficient (Wildman–Crippen LogP) is 3.47. The van der Waals surface area contributed by atoms with Crippen LogP contribution in [0.2, 0.25) is 0 Å². The number of para-hydroxylation sites is 1. The van der Waals surface area contributed by atoms with Gasteiger partial charge in [0, 0.05) is 17.2 Å². The highest BCUT2D eigenvalue weighted by Gasteiger charge is 2.14. The Morgan fingerprint density at radius 1 is 0.962 bits per heavy atom. The monoisotopic (exact) mass is 352 g/mol. The van der Waals surface area contributed by atoms with Gasteiger partial charge in [0.2, 0.25) is 0 Å². The van der Waals surface area contributed by atoms with Gasteiger partial charge in [-0.3, -0.25) is 20.4 Å². The Bertz CT molecular complexity index is 803. The molecule has 0 aliphatic carbocycles. The summed E-state index contributed by atoms with van der Waals surface area (Å²) in [4.78, 5) is 24.0. The first-order valence-electron chi connectivity index (χ1n) is 8.33. The average Bonchev–Trinajstić information content (AvgIpc) is 2.64. The second kappa shape index (κ2) is 8.34. The number of amides is 2. The Labute approximate surface area is 154 Å². The minimum Gasteiger partial charge on any atom is -0.496 e. The number of carbonyl (C=O) groups is 2. The molecular weight excluding hydrogens is 328 g/mol. The molecule has 0 saturated carbocycles. The number of ether oxygens (including phenoxy) is 1. The maximum absolute atomic E-state index is 12.1. The van der Waals surface area contributed by atoms with Crippen molar-refractivity contribution in [2.75, 3.05) is 7.11 Å². The first-order valence-corrected chi connectivity index (χ1v) is 8.33. The molecule has 0 aliphatic heterocycles. The summed E-state index contributed by atoms with van der Waals surface area (Å²) in [6, 6.07) is 14.7. The van der Waals surface area contributed by atoms with E-state index in [1.165, 1.54) is 6.08 Å². The molecule has 0 spiro atoms. The van der Waals surface area contributed by atoms with E-state index in [0.29, 0.717) is 11.3 Å². The molecule has 5 nitrogen and oxygen atoms in total. The molecular formula is C21H24N2O3. The van der Waals surface area contributed by atoms with Gasteiger partial charge >= 0.3 is 0 Å². The van der Waals surface area contributed by atoms with Crippen molar-refractivity contribution in [2.24, 2.45) is 0 Å². The van der Waals surface area contributed by atoms with Crippen LogP contribution in [-0.2, 0) is 10.2 Å². The van der Waals surface area contributed by atoms with Gasteiger partial charge in [-0.15, -0.1) is 0 Å². The van der Waals surface area contributed by atoms with Crippen LogP contribution in [0.3, 0.4) is 0 Å². The molecule has 2 amide bonds. The molecule has 0 bridgehead atoms. The molecule has 0 saturated heterocycles. The van der Waals surface area contributed by atoms with Crippen molar-refractivity contribution in [2.45, 2.75) is 26.2 Å². The van der Waals surface area contributed by atoms with Gasteiger partial charge in [-0.1, -0.05) is 51.1 Å². The van der Waals surface area contributed by atoms with E-state index in [9.17, 15) is 9.59 Å². The maximum atomic E-state index is 12.1. The molecule has 2 aromatic carbocycles. The van der Waals surface area contributed by atoms with Gasteiger partial charge in [-0.2, -0.15) is 0 Å². The Morgan fingerprint density at radius 3 is 2.23 bits per heavy atom. The number of hydrogen-bond acceptors (Lipinski definition) is 3. The molecule has 0 heterocycles. The van der Waals surface area contributed by atoms with E-state index in [1.54, 1.807) is 31.4 Å². The van der Waals surface area contributed by atoms with Crippen LogP contribution >= 0.6 is 0 Å². The van der Waals surface area contributed by atoms with Crippen LogP contribution in [0, 0.1) is 0 Å². The summed E-state index contributed by atoms with van der Waals surface area (Å²) in [5.74, 6) is -0.139. The van der Waals surface area contributed by atoms with Gasteiger partial charge in [-0.25, -0.2) is 0 Å². The minimum atomic E-state index is -0.435. The summed E-state index contributed by atoms with van der Waals surface area (Å²) in [5.41, 5.74) is 7.18.